The van der Waals surface area contributed by atoms with Crippen molar-refractivity contribution in [2.75, 3.05) is 32.4 Å². The van der Waals surface area contributed by atoms with Gasteiger partial charge in [0.15, 0.2) is 11.5 Å². The summed E-state index contributed by atoms with van der Waals surface area (Å²) >= 11 is 0. The molecule has 0 fully saturated rings. The van der Waals surface area contributed by atoms with E-state index in [1.807, 2.05) is 6.07 Å². The average Bonchev–Trinajstić information content (AvgIpc) is 3.15. The lowest BCUT2D eigenvalue weighted by atomic mass is 10.1. The topological polar surface area (TPSA) is 85.9 Å². The summed E-state index contributed by atoms with van der Waals surface area (Å²) in [6, 6.07) is 12.2. The Kier molecular flexibility index (Phi) is 6.06. The summed E-state index contributed by atoms with van der Waals surface area (Å²) in [7, 11) is 1.56. The minimum atomic E-state index is -0.343. The van der Waals surface area contributed by atoms with E-state index in [2.05, 4.69) is 10.6 Å². The molecule has 7 nitrogen and oxygen atoms in total. The maximum absolute atomic E-state index is 12.2. The monoisotopic (exact) mass is 368 g/mol. The third kappa shape index (κ3) is 4.86. The van der Waals surface area contributed by atoms with Gasteiger partial charge in [-0.15, -0.1) is 0 Å². The third-order valence-corrected chi connectivity index (χ3v) is 3.85. The molecule has 1 aliphatic heterocycles. The van der Waals surface area contributed by atoms with E-state index < -0.39 is 0 Å². The van der Waals surface area contributed by atoms with E-state index in [0.29, 0.717) is 35.9 Å². The molecule has 0 radical (unpaired) electrons. The first-order chi connectivity index (χ1) is 13.2. The van der Waals surface area contributed by atoms with Crippen LogP contribution in [-0.2, 0) is 9.53 Å². The molecule has 0 aliphatic carbocycles. The first-order valence-corrected chi connectivity index (χ1v) is 8.42. The summed E-state index contributed by atoms with van der Waals surface area (Å²) < 4.78 is 15.5. The van der Waals surface area contributed by atoms with Crippen molar-refractivity contribution in [3.05, 3.63) is 59.7 Å². The summed E-state index contributed by atoms with van der Waals surface area (Å²) in [5.74, 6) is 0.716. The number of carbonyl (C=O) groups is 2. The summed E-state index contributed by atoms with van der Waals surface area (Å²) in [4.78, 5) is 24.5. The van der Waals surface area contributed by atoms with Crippen LogP contribution in [0.25, 0.3) is 6.08 Å². The van der Waals surface area contributed by atoms with Gasteiger partial charge in [-0.25, -0.2) is 0 Å². The molecule has 27 heavy (non-hydrogen) atoms. The Bertz CT molecular complexity index is 863. The van der Waals surface area contributed by atoms with Gasteiger partial charge in [0.1, 0.15) is 0 Å². The molecule has 0 spiro atoms. The number of amides is 2. The van der Waals surface area contributed by atoms with Gasteiger partial charge in [0.25, 0.3) is 5.91 Å². The van der Waals surface area contributed by atoms with Crippen molar-refractivity contribution in [2.24, 2.45) is 0 Å². The van der Waals surface area contributed by atoms with E-state index in [9.17, 15) is 9.59 Å². The molecule has 2 aromatic carbocycles. The highest BCUT2D eigenvalue weighted by molar-refractivity contribution is 6.07. The Morgan fingerprint density at radius 1 is 1.15 bits per heavy atom. The van der Waals surface area contributed by atoms with Crippen LogP contribution in [0.15, 0.2) is 48.5 Å². The maximum Gasteiger partial charge on any atom is 0.253 e. The predicted octanol–water partition coefficient (Wildman–Crippen LogP) is 2.44. The second-order valence-electron chi connectivity index (χ2n) is 5.73. The SMILES string of the molecule is COCCNC(=O)c1ccccc1NC(=O)/C=C/c1ccc2c(c1)OCO2. The quantitative estimate of drug-likeness (QED) is 0.579. The van der Waals surface area contributed by atoms with Gasteiger partial charge >= 0.3 is 0 Å². The van der Waals surface area contributed by atoms with Crippen molar-refractivity contribution < 1.29 is 23.8 Å². The number of hydrogen-bond donors (Lipinski definition) is 2. The van der Waals surface area contributed by atoms with Crippen molar-refractivity contribution in [3.63, 3.8) is 0 Å². The number of rotatable bonds is 7. The van der Waals surface area contributed by atoms with Crippen LogP contribution in [0, 0.1) is 0 Å². The lowest BCUT2D eigenvalue weighted by Crippen LogP contribution is -2.28. The minimum absolute atomic E-state index is 0.201. The molecular formula is C20H20N2O5. The third-order valence-electron chi connectivity index (χ3n) is 3.85. The van der Waals surface area contributed by atoms with E-state index in [1.54, 1.807) is 49.6 Å². The van der Waals surface area contributed by atoms with E-state index in [4.69, 9.17) is 14.2 Å². The predicted molar refractivity (Wildman–Crippen MR) is 101 cm³/mol. The van der Waals surface area contributed by atoms with Crippen LogP contribution in [0.1, 0.15) is 15.9 Å². The van der Waals surface area contributed by atoms with E-state index >= 15 is 0 Å². The number of ether oxygens (including phenoxy) is 3. The molecular weight excluding hydrogens is 348 g/mol. The lowest BCUT2D eigenvalue weighted by molar-refractivity contribution is -0.111. The highest BCUT2D eigenvalue weighted by atomic mass is 16.7. The molecule has 3 rings (SSSR count). The smallest absolute Gasteiger partial charge is 0.253 e. The molecule has 2 N–H and O–H groups in total. The van der Waals surface area contributed by atoms with Crippen molar-refractivity contribution in [1.29, 1.82) is 0 Å². The van der Waals surface area contributed by atoms with E-state index in [-0.39, 0.29) is 18.6 Å². The number of methoxy groups -OCH3 is 1. The van der Waals surface area contributed by atoms with Crippen LogP contribution in [0.4, 0.5) is 5.69 Å². The molecule has 0 bridgehead atoms. The Balaban J connectivity index is 1.64. The standard InChI is InChI=1S/C20H20N2O5/c1-25-11-10-21-20(24)15-4-2-3-5-16(15)22-19(23)9-7-14-6-8-17-18(12-14)27-13-26-17/h2-9,12H,10-11,13H2,1H3,(H,21,24)(H,22,23)/b9-7+. The van der Waals surface area contributed by atoms with E-state index in [0.717, 1.165) is 5.56 Å². The van der Waals surface area contributed by atoms with Crippen molar-refractivity contribution in [3.8, 4) is 11.5 Å². The largest absolute Gasteiger partial charge is 0.454 e. The number of carbonyl (C=O) groups excluding carboxylic acids is 2. The molecule has 2 aromatic rings. The Labute approximate surface area is 156 Å². The lowest BCUT2D eigenvalue weighted by Gasteiger charge is -2.10. The fourth-order valence-electron chi connectivity index (χ4n) is 2.52. The molecule has 1 heterocycles. The Morgan fingerprint density at radius 2 is 1.96 bits per heavy atom. The molecule has 140 valence electrons. The zero-order valence-electron chi connectivity index (χ0n) is 14.9. The van der Waals surface area contributed by atoms with Gasteiger partial charge in [0.05, 0.1) is 17.9 Å². The summed E-state index contributed by atoms with van der Waals surface area (Å²) in [5, 5.41) is 5.47. The highest BCUT2D eigenvalue weighted by Gasteiger charge is 2.13. The highest BCUT2D eigenvalue weighted by Crippen LogP contribution is 2.32. The molecule has 0 saturated carbocycles. The van der Waals surface area contributed by atoms with Crippen molar-refractivity contribution in [1.82, 2.24) is 5.32 Å². The summed E-state index contributed by atoms with van der Waals surface area (Å²) in [5.41, 5.74) is 1.63. The Hall–Kier alpha value is -3.32. The van der Waals surface area contributed by atoms with Gasteiger partial charge in [0.2, 0.25) is 12.7 Å². The first kappa shape index (κ1) is 18.5. The number of benzene rings is 2. The number of anilines is 1. The number of para-hydroxylation sites is 1. The van der Waals surface area contributed by atoms with Crippen LogP contribution in [0.2, 0.25) is 0 Å². The zero-order valence-corrected chi connectivity index (χ0v) is 14.9. The Morgan fingerprint density at radius 3 is 2.81 bits per heavy atom. The molecule has 0 unspecified atom stereocenters. The van der Waals surface area contributed by atoms with Gasteiger partial charge in [-0.05, 0) is 35.9 Å². The molecule has 0 saturated heterocycles. The summed E-state index contributed by atoms with van der Waals surface area (Å²) in [6.45, 7) is 1.01. The number of fused-ring (bicyclic) bond motifs is 1. The molecule has 2 amide bonds. The van der Waals surface area contributed by atoms with Gasteiger partial charge in [-0.3, -0.25) is 9.59 Å². The fourth-order valence-corrected chi connectivity index (χ4v) is 2.52. The van der Waals surface area contributed by atoms with Crippen molar-refractivity contribution in [2.45, 2.75) is 0 Å². The number of hydrogen-bond acceptors (Lipinski definition) is 5. The van der Waals surface area contributed by atoms with Crippen LogP contribution in [0.5, 0.6) is 11.5 Å². The van der Waals surface area contributed by atoms with Gasteiger partial charge in [-0.2, -0.15) is 0 Å². The molecule has 1 aliphatic rings. The average molecular weight is 368 g/mol. The second kappa shape index (κ2) is 8.86. The van der Waals surface area contributed by atoms with Crippen molar-refractivity contribution >= 4 is 23.6 Å². The van der Waals surface area contributed by atoms with Crippen LogP contribution in [0.3, 0.4) is 0 Å². The maximum atomic E-state index is 12.2. The van der Waals surface area contributed by atoms with Gasteiger partial charge in [-0.1, -0.05) is 18.2 Å². The minimum Gasteiger partial charge on any atom is -0.454 e. The molecule has 0 atom stereocenters. The van der Waals surface area contributed by atoms with E-state index in [1.165, 1.54) is 6.08 Å². The number of nitrogens with one attached hydrogen (secondary N) is 2. The van der Waals surface area contributed by atoms with Crippen LogP contribution in [-0.4, -0.2) is 38.9 Å². The molecule has 7 heteroatoms. The van der Waals surface area contributed by atoms with Gasteiger partial charge < -0.3 is 24.8 Å². The van der Waals surface area contributed by atoms with Crippen LogP contribution < -0.4 is 20.1 Å². The first-order valence-electron chi connectivity index (χ1n) is 8.42. The summed E-state index contributed by atoms with van der Waals surface area (Å²) in [6.07, 6.45) is 3.07. The van der Waals surface area contributed by atoms with Gasteiger partial charge in [0, 0.05) is 19.7 Å². The normalized spacial score (nSPS) is 12.2. The van der Waals surface area contributed by atoms with Crippen LogP contribution >= 0.6 is 0 Å². The molecule has 0 aromatic heterocycles. The fraction of sp³-hybridized carbons (Fsp3) is 0.200. The second-order valence-corrected chi connectivity index (χ2v) is 5.73. The zero-order chi connectivity index (χ0) is 19.1.